The number of carbonyl (C=O) groups excluding carboxylic acids is 1. The molecule has 3 aromatic rings. The maximum atomic E-state index is 13.3. The lowest BCUT2D eigenvalue weighted by Crippen LogP contribution is -2.24. The Kier molecular flexibility index (Phi) is 6.44. The van der Waals surface area contributed by atoms with Gasteiger partial charge >= 0.3 is 0 Å². The van der Waals surface area contributed by atoms with E-state index in [0.717, 1.165) is 30.6 Å². The first-order valence-electron chi connectivity index (χ1n) is 10.0. The van der Waals surface area contributed by atoms with Crippen LogP contribution in [-0.4, -0.2) is 40.5 Å². The van der Waals surface area contributed by atoms with Gasteiger partial charge in [0.2, 0.25) is 0 Å². The van der Waals surface area contributed by atoms with Crippen LogP contribution in [0.2, 0.25) is 0 Å². The Morgan fingerprint density at radius 3 is 2.69 bits per heavy atom. The molecule has 0 aliphatic heterocycles. The van der Waals surface area contributed by atoms with Gasteiger partial charge in [-0.2, -0.15) is 0 Å². The monoisotopic (exact) mass is 392 g/mol. The Morgan fingerprint density at radius 1 is 1.17 bits per heavy atom. The van der Waals surface area contributed by atoms with Crippen LogP contribution < -0.4 is 10.9 Å². The van der Waals surface area contributed by atoms with E-state index in [1.807, 2.05) is 38.1 Å². The summed E-state index contributed by atoms with van der Waals surface area (Å²) in [6.07, 6.45) is 2.62. The van der Waals surface area contributed by atoms with E-state index in [-0.39, 0.29) is 11.5 Å². The highest BCUT2D eigenvalue weighted by Crippen LogP contribution is 2.17. The number of benzene rings is 2. The zero-order valence-electron chi connectivity index (χ0n) is 17.5. The molecular weight excluding hydrogens is 364 g/mol. The highest BCUT2D eigenvalue weighted by molar-refractivity contribution is 5.94. The number of hydrogen-bond acceptors (Lipinski definition) is 4. The third-order valence-electron chi connectivity index (χ3n) is 4.95. The molecule has 0 unspecified atom stereocenters. The van der Waals surface area contributed by atoms with Crippen molar-refractivity contribution in [2.75, 3.05) is 20.1 Å². The van der Waals surface area contributed by atoms with Crippen LogP contribution in [0.4, 0.5) is 0 Å². The fourth-order valence-corrected chi connectivity index (χ4v) is 3.48. The summed E-state index contributed by atoms with van der Waals surface area (Å²) < 4.78 is 1.53. The van der Waals surface area contributed by atoms with Gasteiger partial charge in [0.05, 0.1) is 16.6 Å². The Labute approximate surface area is 171 Å². The number of fused-ring (bicyclic) bond motifs is 1. The summed E-state index contributed by atoms with van der Waals surface area (Å²) in [7, 11) is 2.07. The minimum atomic E-state index is -0.156. The third kappa shape index (κ3) is 4.54. The summed E-state index contributed by atoms with van der Waals surface area (Å²) in [5.74, 6) is -0.156. The lowest BCUT2D eigenvalue weighted by atomic mass is 10.1. The number of rotatable bonds is 7. The van der Waals surface area contributed by atoms with Gasteiger partial charge in [0.25, 0.3) is 11.5 Å². The van der Waals surface area contributed by atoms with Crippen LogP contribution in [0.5, 0.6) is 0 Å². The van der Waals surface area contributed by atoms with Gasteiger partial charge in [0.1, 0.15) is 6.33 Å². The van der Waals surface area contributed by atoms with Crippen LogP contribution >= 0.6 is 0 Å². The molecule has 1 aromatic heterocycles. The van der Waals surface area contributed by atoms with E-state index in [1.165, 1.54) is 10.9 Å². The summed E-state index contributed by atoms with van der Waals surface area (Å²) in [5.41, 5.74) is 3.71. The summed E-state index contributed by atoms with van der Waals surface area (Å²) in [4.78, 5) is 32.2. The lowest BCUT2D eigenvalue weighted by molar-refractivity contribution is 0.0956. The molecule has 6 heteroatoms. The molecule has 0 radical (unpaired) electrons. The van der Waals surface area contributed by atoms with Crippen molar-refractivity contribution < 1.29 is 4.79 Å². The SMILES string of the molecule is CCCN(C)Cc1ccc2ncn(-c3cc(C(=O)NCC)ccc3C)c(=O)c2c1. The first-order valence-corrected chi connectivity index (χ1v) is 10.0. The standard InChI is InChI=1S/C23H28N4O2/c1-5-11-26(4)14-17-8-10-20-19(12-17)23(29)27(15-25-20)21-13-18(9-7-16(21)3)22(28)24-6-2/h7-10,12-13,15H,5-6,11,14H2,1-4H3,(H,24,28). The van der Waals surface area contributed by atoms with E-state index in [4.69, 9.17) is 0 Å². The molecule has 2 aromatic carbocycles. The van der Waals surface area contributed by atoms with Crippen LogP contribution in [-0.2, 0) is 6.54 Å². The normalized spacial score (nSPS) is 11.2. The molecular formula is C23H28N4O2. The number of aryl methyl sites for hydroxylation is 1. The van der Waals surface area contributed by atoms with E-state index in [2.05, 4.69) is 29.2 Å². The number of nitrogens with one attached hydrogen (secondary N) is 1. The Hall–Kier alpha value is -2.99. The van der Waals surface area contributed by atoms with Crippen molar-refractivity contribution in [2.45, 2.75) is 33.7 Å². The van der Waals surface area contributed by atoms with Gasteiger partial charge in [0.15, 0.2) is 0 Å². The maximum absolute atomic E-state index is 13.3. The van der Waals surface area contributed by atoms with Crippen molar-refractivity contribution in [1.82, 2.24) is 19.8 Å². The second kappa shape index (κ2) is 9.01. The summed E-state index contributed by atoms with van der Waals surface area (Å²) in [6, 6.07) is 11.2. The van der Waals surface area contributed by atoms with Crippen LogP contribution in [0.1, 0.15) is 41.8 Å². The number of carbonyl (C=O) groups is 1. The predicted octanol–water partition coefficient (Wildman–Crippen LogP) is 3.29. The molecule has 0 saturated heterocycles. The van der Waals surface area contributed by atoms with Crippen molar-refractivity contribution in [3.63, 3.8) is 0 Å². The molecule has 152 valence electrons. The van der Waals surface area contributed by atoms with Gasteiger partial charge in [0, 0.05) is 18.7 Å². The molecule has 3 rings (SSSR count). The Bertz CT molecular complexity index is 1090. The van der Waals surface area contributed by atoms with Crippen LogP contribution in [0.3, 0.4) is 0 Å². The fourth-order valence-electron chi connectivity index (χ4n) is 3.48. The third-order valence-corrected chi connectivity index (χ3v) is 4.95. The summed E-state index contributed by atoms with van der Waals surface area (Å²) in [6.45, 7) is 8.28. The molecule has 0 aliphatic rings. The molecule has 0 fully saturated rings. The van der Waals surface area contributed by atoms with E-state index in [1.54, 1.807) is 12.1 Å². The smallest absolute Gasteiger partial charge is 0.265 e. The van der Waals surface area contributed by atoms with Crippen molar-refractivity contribution in [2.24, 2.45) is 0 Å². The van der Waals surface area contributed by atoms with Crippen LogP contribution in [0, 0.1) is 6.92 Å². The zero-order valence-corrected chi connectivity index (χ0v) is 17.5. The van der Waals surface area contributed by atoms with E-state index >= 15 is 0 Å². The highest BCUT2D eigenvalue weighted by Gasteiger charge is 2.12. The summed E-state index contributed by atoms with van der Waals surface area (Å²) in [5, 5.41) is 3.37. The fraction of sp³-hybridized carbons (Fsp3) is 0.348. The molecule has 0 atom stereocenters. The molecule has 1 N–H and O–H groups in total. The van der Waals surface area contributed by atoms with E-state index in [0.29, 0.717) is 28.7 Å². The molecule has 1 heterocycles. The molecule has 6 nitrogen and oxygen atoms in total. The lowest BCUT2D eigenvalue weighted by Gasteiger charge is -2.16. The van der Waals surface area contributed by atoms with Crippen molar-refractivity contribution in [1.29, 1.82) is 0 Å². The van der Waals surface area contributed by atoms with E-state index in [9.17, 15) is 9.59 Å². The van der Waals surface area contributed by atoms with Gasteiger partial charge in [-0.3, -0.25) is 14.2 Å². The summed E-state index contributed by atoms with van der Waals surface area (Å²) >= 11 is 0. The first kappa shape index (κ1) is 20.7. The van der Waals surface area contributed by atoms with Crippen molar-refractivity contribution in [3.8, 4) is 5.69 Å². The second-order valence-corrected chi connectivity index (χ2v) is 7.37. The van der Waals surface area contributed by atoms with Gasteiger partial charge in [-0.15, -0.1) is 0 Å². The predicted molar refractivity (Wildman–Crippen MR) is 117 cm³/mol. The van der Waals surface area contributed by atoms with Crippen molar-refractivity contribution >= 4 is 16.8 Å². The number of aromatic nitrogens is 2. The molecule has 0 saturated carbocycles. The number of amides is 1. The van der Waals surface area contributed by atoms with Crippen LogP contribution in [0.15, 0.2) is 47.5 Å². The number of nitrogens with zero attached hydrogens (tertiary/aromatic N) is 3. The van der Waals surface area contributed by atoms with Gasteiger partial charge in [-0.1, -0.05) is 19.1 Å². The molecule has 0 bridgehead atoms. The Balaban J connectivity index is 2.06. The topological polar surface area (TPSA) is 67.2 Å². The van der Waals surface area contributed by atoms with Gasteiger partial charge in [-0.25, -0.2) is 4.98 Å². The van der Waals surface area contributed by atoms with Crippen molar-refractivity contribution in [3.05, 3.63) is 69.8 Å². The largest absolute Gasteiger partial charge is 0.352 e. The second-order valence-electron chi connectivity index (χ2n) is 7.37. The molecule has 1 amide bonds. The van der Waals surface area contributed by atoms with E-state index < -0.39 is 0 Å². The average molecular weight is 393 g/mol. The van der Waals surface area contributed by atoms with Gasteiger partial charge < -0.3 is 10.2 Å². The first-order chi connectivity index (χ1) is 13.9. The van der Waals surface area contributed by atoms with Crippen LogP contribution in [0.25, 0.3) is 16.6 Å². The molecule has 0 spiro atoms. The molecule has 29 heavy (non-hydrogen) atoms. The molecule has 0 aliphatic carbocycles. The average Bonchev–Trinajstić information content (AvgIpc) is 2.70. The minimum Gasteiger partial charge on any atom is -0.352 e. The Morgan fingerprint density at radius 2 is 1.97 bits per heavy atom. The minimum absolute atomic E-state index is 0.133. The maximum Gasteiger partial charge on any atom is 0.265 e. The quantitative estimate of drug-likeness (QED) is 0.670. The highest BCUT2D eigenvalue weighted by atomic mass is 16.1. The van der Waals surface area contributed by atoms with Gasteiger partial charge in [-0.05, 0) is 69.3 Å². The number of hydrogen-bond donors (Lipinski definition) is 1. The zero-order chi connectivity index (χ0) is 21.0.